The van der Waals surface area contributed by atoms with Crippen molar-refractivity contribution in [3.8, 4) is 5.69 Å². The zero-order valence-corrected chi connectivity index (χ0v) is 20.2. The van der Waals surface area contributed by atoms with Gasteiger partial charge in [0.05, 0.1) is 35.7 Å². The van der Waals surface area contributed by atoms with Crippen LogP contribution in [0.1, 0.15) is 33.6 Å². The van der Waals surface area contributed by atoms with Crippen molar-refractivity contribution in [3.05, 3.63) is 126 Å². The number of benzene rings is 3. The molecule has 1 amide bonds. The average molecular weight is 509 g/mol. The molecule has 5 rings (SSSR count). The molecule has 0 aliphatic rings. The summed E-state index contributed by atoms with van der Waals surface area (Å²) >= 11 is 0. The van der Waals surface area contributed by atoms with Crippen LogP contribution in [0, 0.1) is 5.82 Å². The lowest BCUT2D eigenvalue weighted by Crippen LogP contribution is -2.27. The maximum atomic E-state index is 15.3. The smallest absolute Gasteiger partial charge is 0.252 e. The standard InChI is InChI=1S/C28H25FN8O/c29-23-17-22(26(31)38)27(34-20-12-7-13-21(16-20)37-32-14-15-33-37)36-28(23)35-25(19-10-5-2-6-11-19)24(30)18-8-3-1-4-9-18/h1-17,24-25H,30H2,(H2,31,38)(H2,34,35,36)/t24-,25+/m1/s1. The zero-order valence-electron chi connectivity index (χ0n) is 20.2. The Kier molecular flexibility index (Phi) is 7.05. The van der Waals surface area contributed by atoms with Crippen LogP contribution in [0.2, 0.25) is 0 Å². The number of amides is 1. The zero-order chi connectivity index (χ0) is 26.5. The molecule has 0 unspecified atom stereocenters. The lowest BCUT2D eigenvalue weighted by atomic mass is 9.94. The molecule has 38 heavy (non-hydrogen) atoms. The molecule has 10 heteroatoms. The molecular weight excluding hydrogens is 483 g/mol. The molecule has 0 saturated heterocycles. The van der Waals surface area contributed by atoms with Gasteiger partial charge in [-0.2, -0.15) is 15.0 Å². The minimum atomic E-state index is -0.823. The van der Waals surface area contributed by atoms with Crippen molar-refractivity contribution in [2.24, 2.45) is 11.5 Å². The first-order chi connectivity index (χ1) is 18.5. The third-order valence-electron chi connectivity index (χ3n) is 5.99. The highest BCUT2D eigenvalue weighted by Gasteiger charge is 2.25. The van der Waals surface area contributed by atoms with Crippen molar-refractivity contribution >= 4 is 23.2 Å². The Balaban J connectivity index is 1.51. The topological polar surface area (TPSA) is 137 Å². The van der Waals surface area contributed by atoms with Gasteiger partial charge in [-0.25, -0.2) is 9.37 Å². The molecule has 0 spiro atoms. The van der Waals surface area contributed by atoms with Crippen molar-refractivity contribution in [1.82, 2.24) is 20.0 Å². The molecule has 9 nitrogen and oxygen atoms in total. The molecule has 0 fully saturated rings. The number of carbonyl (C=O) groups is 1. The summed E-state index contributed by atoms with van der Waals surface area (Å²) in [6.45, 7) is 0. The third kappa shape index (κ3) is 5.35. The van der Waals surface area contributed by atoms with Crippen LogP contribution in [0.25, 0.3) is 5.69 Å². The summed E-state index contributed by atoms with van der Waals surface area (Å²) in [5.74, 6) is -1.55. The molecule has 0 aliphatic heterocycles. The van der Waals surface area contributed by atoms with E-state index in [4.69, 9.17) is 11.5 Å². The van der Waals surface area contributed by atoms with Crippen LogP contribution in [0.5, 0.6) is 0 Å². The molecule has 0 radical (unpaired) electrons. The van der Waals surface area contributed by atoms with Gasteiger partial charge in [0, 0.05) is 5.69 Å². The SMILES string of the molecule is NC(=O)c1cc(F)c(N[C@@H](c2ccccc2)[C@H](N)c2ccccc2)nc1Nc1cccc(-n2nccn2)c1. The lowest BCUT2D eigenvalue weighted by molar-refractivity contribution is 0.100. The molecule has 2 aromatic heterocycles. The van der Waals surface area contributed by atoms with E-state index in [9.17, 15) is 4.79 Å². The van der Waals surface area contributed by atoms with E-state index in [-0.39, 0.29) is 17.2 Å². The number of pyridine rings is 1. The number of nitrogens with two attached hydrogens (primary N) is 2. The number of hydrogen-bond acceptors (Lipinski definition) is 7. The summed E-state index contributed by atoms with van der Waals surface area (Å²) in [4.78, 5) is 18.1. The molecule has 0 saturated carbocycles. The lowest BCUT2D eigenvalue weighted by Gasteiger charge is -2.27. The van der Waals surface area contributed by atoms with Crippen LogP contribution in [-0.4, -0.2) is 25.9 Å². The van der Waals surface area contributed by atoms with Gasteiger partial charge < -0.3 is 22.1 Å². The van der Waals surface area contributed by atoms with Crippen molar-refractivity contribution in [2.75, 3.05) is 10.6 Å². The number of anilines is 3. The van der Waals surface area contributed by atoms with E-state index in [2.05, 4.69) is 25.8 Å². The van der Waals surface area contributed by atoms with Crippen LogP contribution < -0.4 is 22.1 Å². The summed E-state index contributed by atoms with van der Waals surface area (Å²) in [5, 5.41) is 14.5. The van der Waals surface area contributed by atoms with E-state index in [0.29, 0.717) is 11.4 Å². The first kappa shape index (κ1) is 24.6. The number of hydrogen-bond donors (Lipinski definition) is 4. The van der Waals surface area contributed by atoms with Gasteiger partial charge in [-0.15, -0.1) is 0 Å². The van der Waals surface area contributed by atoms with Crippen molar-refractivity contribution in [1.29, 1.82) is 0 Å². The van der Waals surface area contributed by atoms with Crippen molar-refractivity contribution < 1.29 is 9.18 Å². The van der Waals surface area contributed by atoms with Gasteiger partial charge >= 0.3 is 0 Å². The second-order valence-corrected chi connectivity index (χ2v) is 8.54. The molecule has 6 N–H and O–H groups in total. The largest absolute Gasteiger partial charge is 0.365 e. The summed E-state index contributed by atoms with van der Waals surface area (Å²) in [7, 11) is 0. The second-order valence-electron chi connectivity index (χ2n) is 8.54. The van der Waals surface area contributed by atoms with Gasteiger partial charge in [0.2, 0.25) is 0 Å². The van der Waals surface area contributed by atoms with E-state index in [0.717, 1.165) is 17.2 Å². The number of nitrogens with zero attached hydrogens (tertiary/aromatic N) is 4. The number of rotatable bonds is 9. The second kappa shape index (κ2) is 10.9. The summed E-state index contributed by atoms with van der Waals surface area (Å²) < 4.78 is 15.3. The molecule has 2 atom stereocenters. The number of halogens is 1. The highest BCUT2D eigenvalue weighted by molar-refractivity contribution is 5.98. The van der Waals surface area contributed by atoms with Crippen LogP contribution in [0.3, 0.4) is 0 Å². The normalized spacial score (nSPS) is 12.5. The fourth-order valence-corrected chi connectivity index (χ4v) is 4.12. The summed E-state index contributed by atoms with van der Waals surface area (Å²) in [6.07, 6.45) is 3.13. The quantitative estimate of drug-likeness (QED) is 0.230. The summed E-state index contributed by atoms with van der Waals surface area (Å²) in [6, 6.07) is 26.2. The first-order valence-electron chi connectivity index (χ1n) is 11.9. The van der Waals surface area contributed by atoms with E-state index >= 15 is 4.39 Å². The minimum absolute atomic E-state index is 0.0809. The van der Waals surface area contributed by atoms with Crippen LogP contribution >= 0.6 is 0 Å². The Morgan fingerprint density at radius 3 is 2.16 bits per heavy atom. The molecule has 2 heterocycles. The van der Waals surface area contributed by atoms with Gasteiger partial charge in [-0.1, -0.05) is 66.7 Å². The van der Waals surface area contributed by atoms with Gasteiger partial charge in [-0.05, 0) is 35.4 Å². The van der Waals surface area contributed by atoms with Crippen molar-refractivity contribution in [3.63, 3.8) is 0 Å². The molecule has 0 aliphatic carbocycles. The van der Waals surface area contributed by atoms with Crippen LogP contribution in [-0.2, 0) is 0 Å². The van der Waals surface area contributed by atoms with E-state index in [1.807, 2.05) is 66.7 Å². The maximum absolute atomic E-state index is 15.3. The third-order valence-corrected chi connectivity index (χ3v) is 5.99. The fraction of sp³-hybridized carbons (Fsp3) is 0.0714. The predicted octanol–water partition coefficient (Wildman–Crippen LogP) is 4.50. The Morgan fingerprint density at radius 1 is 0.842 bits per heavy atom. The number of primary amides is 1. The fourth-order valence-electron chi connectivity index (χ4n) is 4.12. The number of carbonyl (C=O) groups excluding carboxylic acids is 1. The maximum Gasteiger partial charge on any atom is 0.252 e. The van der Waals surface area contributed by atoms with Gasteiger partial charge in [0.25, 0.3) is 5.91 Å². The monoisotopic (exact) mass is 508 g/mol. The molecule has 190 valence electrons. The molecular formula is C28H25FN8O. The minimum Gasteiger partial charge on any atom is -0.365 e. The predicted molar refractivity (Wildman–Crippen MR) is 144 cm³/mol. The Bertz CT molecular complexity index is 1530. The van der Waals surface area contributed by atoms with E-state index in [1.165, 1.54) is 4.80 Å². The summed E-state index contributed by atoms with van der Waals surface area (Å²) in [5.41, 5.74) is 15.1. The molecule has 3 aromatic carbocycles. The van der Waals surface area contributed by atoms with Crippen LogP contribution in [0.15, 0.2) is 103 Å². The Morgan fingerprint density at radius 2 is 1.50 bits per heavy atom. The van der Waals surface area contributed by atoms with Gasteiger partial charge in [-0.3, -0.25) is 4.79 Å². The van der Waals surface area contributed by atoms with E-state index < -0.39 is 23.8 Å². The van der Waals surface area contributed by atoms with E-state index in [1.54, 1.807) is 30.6 Å². The number of nitrogens with one attached hydrogen (secondary N) is 2. The van der Waals surface area contributed by atoms with Crippen LogP contribution in [0.4, 0.5) is 21.7 Å². The Labute approximate surface area is 218 Å². The molecule has 5 aromatic rings. The van der Waals surface area contributed by atoms with Gasteiger partial charge in [0.15, 0.2) is 11.6 Å². The highest BCUT2D eigenvalue weighted by atomic mass is 19.1. The number of aromatic nitrogens is 4. The van der Waals surface area contributed by atoms with Gasteiger partial charge in [0.1, 0.15) is 5.82 Å². The molecule has 0 bridgehead atoms. The average Bonchev–Trinajstić information content (AvgIpc) is 3.49. The highest BCUT2D eigenvalue weighted by Crippen LogP contribution is 2.32. The first-order valence-corrected chi connectivity index (χ1v) is 11.9. The van der Waals surface area contributed by atoms with Crippen molar-refractivity contribution in [2.45, 2.75) is 12.1 Å². The Hall–Kier alpha value is -5.09.